The second-order valence-corrected chi connectivity index (χ2v) is 10.0. The molecule has 2 aromatic heterocycles. The van der Waals surface area contributed by atoms with Gasteiger partial charge >= 0.3 is 6.09 Å². The van der Waals surface area contributed by atoms with Crippen LogP contribution in [0.3, 0.4) is 0 Å². The minimum absolute atomic E-state index is 0.172. The van der Waals surface area contributed by atoms with Crippen LogP contribution in [0, 0.1) is 0 Å². The van der Waals surface area contributed by atoms with Gasteiger partial charge in [-0.15, -0.1) is 10.2 Å². The van der Waals surface area contributed by atoms with Crippen LogP contribution < -0.4 is 10.6 Å². The van der Waals surface area contributed by atoms with E-state index in [4.69, 9.17) is 4.74 Å². The highest BCUT2D eigenvalue weighted by Gasteiger charge is 2.30. The predicted octanol–water partition coefficient (Wildman–Crippen LogP) is 4.52. The number of pyridine rings is 1. The summed E-state index contributed by atoms with van der Waals surface area (Å²) in [5.74, 6) is 1.72. The van der Waals surface area contributed by atoms with Crippen molar-refractivity contribution in [3.05, 3.63) is 60.1 Å². The van der Waals surface area contributed by atoms with Crippen LogP contribution >= 0.6 is 0 Å². The van der Waals surface area contributed by atoms with Crippen LogP contribution in [0.25, 0.3) is 11.4 Å². The second-order valence-electron chi connectivity index (χ2n) is 10.0. The maximum Gasteiger partial charge on any atom is 0.410 e. The Morgan fingerprint density at radius 2 is 2.11 bits per heavy atom. The summed E-state index contributed by atoms with van der Waals surface area (Å²) in [7, 11) is 1.93. The smallest absolute Gasteiger partial charge is 0.410 e. The van der Waals surface area contributed by atoms with Gasteiger partial charge in [0.05, 0.1) is 6.04 Å². The molecule has 9 nitrogen and oxygen atoms in total. The monoisotopic (exact) mass is 473 g/mol. The molecule has 1 aromatic carbocycles. The lowest BCUT2D eigenvalue weighted by Gasteiger charge is -2.31. The first-order valence-electron chi connectivity index (χ1n) is 11.9. The zero-order chi connectivity index (χ0) is 24.6. The van der Waals surface area contributed by atoms with Gasteiger partial charge in [0, 0.05) is 55.3 Å². The first-order chi connectivity index (χ1) is 16.8. The maximum atomic E-state index is 12.4. The van der Waals surface area contributed by atoms with Gasteiger partial charge in [-0.3, -0.25) is 0 Å². The number of aromatic nitrogens is 4. The molecule has 35 heavy (non-hydrogen) atoms. The number of fused-ring (bicyclic) bond motifs is 1. The minimum atomic E-state index is -0.488. The van der Waals surface area contributed by atoms with Gasteiger partial charge in [0.2, 0.25) is 0 Å². The van der Waals surface area contributed by atoms with Crippen LogP contribution in [-0.2, 0) is 18.2 Å². The average Bonchev–Trinajstić information content (AvgIpc) is 3.45. The van der Waals surface area contributed by atoms with Gasteiger partial charge in [-0.05, 0) is 51.0 Å². The van der Waals surface area contributed by atoms with E-state index in [1.807, 2.05) is 62.8 Å². The quantitative estimate of drug-likeness (QED) is 0.538. The van der Waals surface area contributed by atoms with Crippen LogP contribution in [0.4, 0.5) is 22.0 Å². The number of rotatable bonds is 4. The SMILES string of the molecule is Cn1cnnc1-c1cccc(Nc2ccnc3c2CC(C2=CCN(C(=O)OC(C)(C)C)CC2)N3)c1. The molecular weight excluding hydrogens is 442 g/mol. The number of nitrogens with one attached hydrogen (secondary N) is 2. The van der Waals surface area contributed by atoms with E-state index in [1.165, 1.54) is 5.57 Å². The minimum Gasteiger partial charge on any atom is -0.444 e. The summed E-state index contributed by atoms with van der Waals surface area (Å²) >= 11 is 0. The molecule has 182 valence electrons. The zero-order valence-electron chi connectivity index (χ0n) is 20.6. The molecule has 2 aliphatic heterocycles. The number of ether oxygens (including phenoxy) is 1. The number of carbonyl (C=O) groups is 1. The van der Waals surface area contributed by atoms with Crippen molar-refractivity contribution in [2.75, 3.05) is 23.7 Å². The van der Waals surface area contributed by atoms with Gasteiger partial charge < -0.3 is 24.8 Å². The van der Waals surface area contributed by atoms with Crippen molar-refractivity contribution in [3.8, 4) is 11.4 Å². The Hall–Kier alpha value is -3.88. The molecule has 0 bridgehead atoms. The zero-order valence-corrected chi connectivity index (χ0v) is 20.6. The van der Waals surface area contributed by atoms with E-state index in [1.54, 1.807) is 11.2 Å². The van der Waals surface area contributed by atoms with Crippen molar-refractivity contribution >= 4 is 23.3 Å². The fraction of sp³-hybridized carbons (Fsp3) is 0.385. The average molecular weight is 474 g/mol. The molecule has 0 spiro atoms. The summed E-state index contributed by atoms with van der Waals surface area (Å²) in [6.07, 6.45) is 7.06. The Kier molecular flexibility index (Phi) is 5.92. The number of hydrogen-bond acceptors (Lipinski definition) is 7. The molecule has 1 atom stereocenters. The lowest BCUT2D eigenvalue weighted by molar-refractivity contribution is 0.0265. The van der Waals surface area contributed by atoms with E-state index in [2.05, 4.69) is 38.0 Å². The van der Waals surface area contributed by atoms with E-state index in [9.17, 15) is 4.79 Å². The Balaban J connectivity index is 1.28. The number of benzene rings is 1. The number of hydrogen-bond donors (Lipinski definition) is 2. The van der Waals surface area contributed by atoms with Crippen LogP contribution in [0.15, 0.2) is 54.5 Å². The third-order valence-electron chi connectivity index (χ3n) is 6.23. The molecule has 4 heterocycles. The summed E-state index contributed by atoms with van der Waals surface area (Å²) in [6, 6.07) is 10.3. The molecule has 1 amide bonds. The number of aryl methyl sites for hydroxylation is 1. The Morgan fingerprint density at radius 3 is 2.83 bits per heavy atom. The Morgan fingerprint density at radius 1 is 1.26 bits per heavy atom. The fourth-order valence-electron chi connectivity index (χ4n) is 4.51. The third kappa shape index (κ3) is 4.99. The van der Waals surface area contributed by atoms with Crippen LogP contribution in [0.5, 0.6) is 0 Å². The molecule has 0 radical (unpaired) electrons. The molecule has 3 aromatic rings. The van der Waals surface area contributed by atoms with Gasteiger partial charge in [-0.1, -0.05) is 18.2 Å². The molecule has 0 saturated heterocycles. The molecule has 0 aliphatic carbocycles. The molecule has 5 rings (SSSR count). The van der Waals surface area contributed by atoms with E-state index >= 15 is 0 Å². The van der Waals surface area contributed by atoms with Gasteiger partial charge in [-0.2, -0.15) is 0 Å². The highest BCUT2D eigenvalue weighted by molar-refractivity contribution is 5.74. The van der Waals surface area contributed by atoms with Crippen LogP contribution in [-0.4, -0.2) is 55.5 Å². The van der Waals surface area contributed by atoms with Crippen molar-refractivity contribution in [2.24, 2.45) is 7.05 Å². The number of nitrogens with zero attached hydrogens (tertiary/aromatic N) is 5. The van der Waals surface area contributed by atoms with Gasteiger partial charge in [-0.25, -0.2) is 9.78 Å². The van der Waals surface area contributed by atoms with Crippen molar-refractivity contribution in [3.63, 3.8) is 0 Å². The van der Waals surface area contributed by atoms with Crippen LogP contribution in [0.2, 0.25) is 0 Å². The van der Waals surface area contributed by atoms with Crippen molar-refractivity contribution < 1.29 is 9.53 Å². The summed E-state index contributed by atoms with van der Waals surface area (Å²) in [4.78, 5) is 18.7. The van der Waals surface area contributed by atoms with Crippen LogP contribution in [0.1, 0.15) is 32.8 Å². The van der Waals surface area contributed by atoms with Crippen molar-refractivity contribution in [2.45, 2.75) is 45.3 Å². The van der Waals surface area contributed by atoms with Gasteiger partial charge in [0.25, 0.3) is 0 Å². The first-order valence-corrected chi connectivity index (χ1v) is 11.9. The molecule has 2 aliphatic rings. The largest absolute Gasteiger partial charge is 0.444 e. The standard InChI is InChI=1S/C26H31N7O2/c1-26(2,3)35-25(34)33-12-9-17(10-13-33)22-15-20-21(8-11-27-23(20)30-22)29-19-7-5-6-18(14-19)24-31-28-16-32(24)4/h5-9,11,14,16,22H,10,12-13,15H2,1-4H3,(H2,27,29,30). The fourth-order valence-corrected chi connectivity index (χ4v) is 4.51. The van der Waals surface area contributed by atoms with E-state index < -0.39 is 5.60 Å². The molecule has 2 N–H and O–H groups in total. The molecule has 0 saturated carbocycles. The highest BCUT2D eigenvalue weighted by atomic mass is 16.6. The number of anilines is 3. The van der Waals surface area contributed by atoms with Gasteiger partial charge in [0.1, 0.15) is 17.7 Å². The lowest BCUT2D eigenvalue weighted by atomic mass is 9.97. The first kappa shape index (κ1) is 22.9. The van der Waals surface area contributed by atoms with Crippen molar-refractivity contribution in [1.29, 1.82) is 0 Å². The third-order valence-corrected chi connectivity index (χ3v) is 6.23. The van der Waals surface area contributed by atoms with Gasteiger partial charge in [0.15, 0.2) is 5.82 Å². The Labute approximate surface area is 205 Å². The van der Waals surface area contributed by atoms with E-state index in [0.717, 1.165) is 47.0 Å². The highest BCUT2D eigenvalue weighted by Crippen LogP contribution is 2.36. The maximum absolute atomic E-state index is 12.4. The van der Waals surface area contributed by atoms with Crippen molar-refractivity contribution in [1.82, 2.24) is 24.6 Å². The number of carbonyl (C=O) groups excluding carboxylic acids is 1. The topological polar surface area (TPSA) is 97.2 Å². The number of amides is 1. The molecule has 0 fully saturated rings. The molecule has 1 unspecified atom stereocenters. The summed E-state index contributed by atoms with van der Waals surface area (Å²) < 4.78 is 7.42. The van der Waals surface area contributed by atoms with E-state index in [-0.39, 0.29) is 12.1 Å². The lowest BCUT2D eigenvalue weighted by Crippen LogP contribution is -2.40. The summed E-state index contributed by atoms with van der Waals surface area (Å²) in [6.45, 7) is 6.88. The summed E-state index contributed by atoms with van der Waals surface area (Å²) in [5.41, 5.74) is 4.99. The molecule has 9 heteroatoms. The predicted molar refractivity (Wildman–Crippen MR) is 136 cm³/mol. The summed E-state index contributed by atoms with van der Waals surface area (Å²) in [5, 5.41) is 15.3. The normalized spacial score (nSPS) is 17.4. The Bertz CT molecular complexity index is 1270. The molecular formula is C26H31N7O2. The second kappa shape index (κ2) is 9.05. The van der Waals surface area contributed by atoms with E-state index in [0.29, 0.717) is 13.1 Å².